The molecule has 0 radical (unpaired) electrons. The monoisotopic (exact) mass is 394 g/mol. The summed E-state index contributed by atoms with van der Waals surface area (Å²) in [6, 6.07) is 16.0. The Labute approximate surface area is 170 Å². The molecule has 0 saturated heterocycles. The van der Waals surface area contributed by atoms with E-state index in [0.29, 0.717) is 29.0 Å². The average Bonchev–Trinajstić information content (AvgIpc) is 2.75. The third kappa shape index (κ3) is 4.10. The third-order valence-electron chi connectivity index (χ3n) is 6.05. The summed E-state index contributed by atoms with van der Waals surface area (Å²) in [6.07, 6.45) is 5.86. The number of hydrogen-bond acceptors (Lipinski definition) is 0. The van der Waals surface area contributed by atoms with Crippen molar-refractivity contribution in [2.24, 2.45) is 0 Å². The van der Waals surface area contributed by atoms with E-state index in [1.807, 2.05) is 6.07 Å². The standard InChI is InChI=1S/C26H25F3/c1-2-3-4-17-5-7-18(8-6-17)19-9-12-22-20(15-19)10-13-23(26(22)29)21-11-14-24(27)25(28)16-21/h5-8,10-11,13-14,16,19H,2-4,9,12,15H2,1H3. The molecular weight excluding hydrogens is 369 g/mol. The van der Waals surface area contributed by atoms with Crippen LogP contribution in [-0.2, 0) is 19.3 Å². The average molecular weight is 394 g/mol. The summed E-state index contributed by atoms with van der Waals surface area (Å²) in [4.78, 5) is 0. The number of unbranched alkanes of at least 4 members (excludes halogenated alkanes) is 1. The Balaban J connectivity index is 1.56. The molecule has 3 aromatic carbocycles. The molecule has 29 heavy (non-hydrogen) atoms. The number of aryl methyl sites for hydroxylation is 1. The predicted octanol–water partition coefficient (Wildman–Crippen LogP) is 7.39. The largest absolute Gasteiger partial charge is 0.206 e. The van der Waals surface area contributed by atoms with Gasteiger partial charge in [-0.15, -0.1) is 0 Å². The van der Waals surface area contributed by atoms with Crippen molar-refractivity contribution in [3.63, 3.8) is 0 Å². The van der Waals surface area contributed by atoms with E-state index >= 15 is 4.39 Å². The van der Waals surface area contributed by atoms with Gasteiger partial charge in [0.05, 0.1) is 0 Å². The van der Waals surface area contributed by atoms with Crippen molar-refractivity contribution >= 4 is 0 Å². The molecule has 1 unspecified atom stereocenters. The lowest BCUT2D eigenvalue weighted by molar-refractivity contribution is 0.508. The molecule has 0 amide bonds. The Morgan fingerprint density at radius 3 is 2.41 bits per heavy atom. The molecule has 0 nitrogen and oxygen atoms in total. The van der Waals surface area contributed by atoms with E-state index in [1.165, 1.54) is 30.0 Å². The Kier molecular flexibility index (Phi) is 5.75. The zero-order chi connectivity index (χ0) is 20.4. The van der Waals surface area contributed by atoms with Gasteiger partial charge in [0.25, 0.3) is 0 Å². The lowest BCUT2D eigenvalue weighted by Crippen LogP contribution is -2.15. The fourth-order valence-corrected chi connectivity index (χ4v) is 4.32. The van der Waals surface area contributed by atoms with Gasteiger partial charge in [0.1, 0.15) is 5.82 Å². The molecule has 4 rings (SSSR count). The summed E-state index contributed by atoms with van der Waals surface area (Å²) in [5, 5.41) is 0. The first-order chi connectivity index (χ1) is 14.1. The van der Waals surface area contributed by atoms with Gasteiger partial charge >= 0.3 is 0 Å². The molecule has 0 saturated carbocycles. The molecular formula is C26H25F3. The Bertz CT molecular complexity index is 1010. The highest BCUT2D eigenvalue weighted by Crippen LogP contribution is 2.37. The van der Waals surface area contributed by atoms with Crippen LogP contribution in [0.25, 0.3) is 11.1 Å². The van der Waals surface area contributed by atoms with Gasteiger partial charge in [0.2, 0.25) is 0 Å². The van der Waals surface area contributed by atoms with Crippen LogP contribution in [0.3, 0.4) is 0 Å². The number of hydrogen-bond donors (Lipinski definition) is 0. The number of fused-ring (bicyclic) bond motifs is 1. The Hall–Kier alpha value is -2.55. The second kappa shape index (κ2) is 8.44. The van der Waals surface area contributed by atoms with Gasteiger partial charge in [-0.05, 0) is 78.0 Å². The molecule has 1 aliphatic carbocycles. The van der Waals surface area contributed by atoms with Gasteiger partial charge in [0.15, 0.2) is 11.6 Å². The zero-order valence-corrected chi connectivity index (χ0v) is 16.7. The minimum absolute atomic E-state index is 0.304. The van der Waals surface area contributed by atoms with Crippen LogP contribution in [0.15, 0.2) is 54.6 Å². The highest BCUT2D eigenvalue weighted by Gasteiger charge is 2.24. The second-order valence-electron chi connectivity index (χ2n) is 7.98. The SMILES string of the molecule is CCCCc1ccc(C2CCc3c(ccc(-c4ccc(F)c(F)c4)c3F)C2)cc1. The molecule has 0 bridgehead atoms. The van der Waals surface area contributed by atoms with E-state index < -0.39 is 11.6 Å². The van der Waals surface area contributed by atoms with Crippen LogP contribution < -0.4 is 0 Å². The van der Waals surface area contributed by atoms with Gasteiger partial charge in [-0.1, -0.05) is 55.8 Å². The molecule has 0 aliphatic heterocycles. The normalized spacial score (nSPS) is 15.9. The van der Waals surface area contributed by atoms with E-state index in [9.17, 15) is 8.78 Å². The van der Waals surface area contributed by atoms with Crippen LogP contribution in [0.4, 0.5) is 13.2 Å². The number of rotatable bonds is 5. The zero-order valence-electron chi connectivity index (χ0n) is 16.7. The maximum absolute atomic E-state index is 15.2. The summed E-state index contributed by atoms with van der Waals surface area (Å²) in [5.41, 5.74) is 5.11. The lowest BCUT2D eigenvalue weighted by atomic mass is 9.79. The van der Waals surface area contributed by atoms with Crippen molar-refractivity contribution in [3.8, 4) is 11.1 Å². The first-order valence-electron chi connectivity index (χ1n) is 10.4. The van der Waals surface area contributed by atoms with Crippen molar-refractivity contribution in [3.05, 3.63) is 94.3 Å². The van der Waals surface area contributed by atoms with Crippen molar-refractivity contribution in [1.29, 1.82) is 0 Å². The maximum atomic E-state index is 15.2. The van der Waals surface area contributed by atoms with Crippen molar-refractivity contribution in [1.82, 2.24) is 0 Å². The summed E-state index contributed by atoms with van der Waals surface area (Å²) in [6.45, 7) is 2.20. The number of halogens is 3. The Morgan fingerprint density at radius 1 is 0.897 bits per heavy atom. The van der Waals surface area contributed by atoms with E-state index in [0.717, 1.165) is 37.0 Å². The molecule has 0 fully saturated rings. The molecule has 1 aliphatic rings. The second-order valence-corrected chi connectivity index (χ2v) is 7.98. The summed E-state index contributed by atoms with van der Waals surface area (Å²) in [5.74, 6) is -1.80. The van der Waals surface area contributed by atoms with E-state index in [1.54, 1.807) is 6.07 Å². The molecule has 0 spiro atoms. The van der Waals surface area contributed by atoms with Crippen LogP contribution in [0.2, 0.25) is 0 Å². The Morgan fingerprint density at radius 2 is 1.69 bits per heavy atom. The fraction of sp³-hybridized carbons (Fsp3) is 0.308. The lowest BCUT2D eigenvalue weighted by Gasteiger charge is -2.26. The van der Waals surface area contributed by atoms with Crippen molar-refractivity contribution < 1.29 is 13.2 Å². The first kappa shape index (κ1) is 19.8. The highest BCUT2D eigenvalue weighted by atomic mass is 19.2. The van der Waals surface area contributed by atoms with Gasteiger partial charge in [0, 0.05) is 5.56 Å². The van der Waals surface area contributed by atoms with Crippen LogP contribution >= 0.6 is 0 Å². The quantitative estimate of drug-likeness (QED) is 0.423. The minimum atomic E-state index is -0.956. The molecule has 0 heterocycles. The molecule has 0 N–H and O–H groups in total. The third-order valence-corrected chi connectivity index (χ3v) is 6.05. The molecule has 3 heteroatoms. The summed E-state index contributed by atoms with van der Waals surface area (Å²) >= 11 is 0. The molecule has 0 aromatic heterocycles. The van der Waals surface area contributed by atoms with Crippen LogP contribution in [0, 0.1) is 17.5 Å². The molecule has 3 aromatic rings. The van der Waals surface area contributed by atoms with Gasteiger partial charge in [-0.2, -0.15) is 0 Å². The van der Waals surface area contributed by atoms with Gasteiger partial charge < -0.3 is 0 Å². The van der Waals surface area contributed by atoms with Gasteiger partial charge in [-0.25, -0.2) is 13.2 Å². The van der Waals surface area contributed by atoms with E-state index in [4.69, 9.17) is 0 Å². The maximum Gasteiger partial charge on any atom is 0.159 e. The van der Waals surface area contributed by atoms with Crippen LogP contribution in [-0.4, -0.2) is 0 Å². The summed E-state index contributed by atoms with van der Waals surface area (Å²) < 4.78 is 41.9. The predicted molar refractivity (Wildman–Crippen MR) is 112 cm³/mol. The number of benzene rings is 3. The van der Waals surface area contributed by atoms with Crippen molar-refractivity contribution in [2.45, 2.75) is 51.4 Å². The molecule has 150 valence electrons. The van der Waals surface area contributed by atoms with E-state index in [-0.39, 0.29) is 5.82 Å². The van der Waals surface area contributed by atoms with E-state index in [2.05, 4.69) is 31.2 Å². The van der Waals surface area contributed by atoms with Crippen LogP contribution in [0.1, 0.15) is 54.4 Å². The topological polar surface area (TPSA) is 0 Å². The first-order valence-corrected chi connectivity index (χ1v) is 10.4. The smallest absolute Gasteiger partial charge is 0.159 e. The van der Waals surface area contributed by atoms with Crippen LogP contribution in [0.5, 0.6) is 0 Å². The molecule has 1 atom stereocenters. The fourth-order valence-electron chi connectivity index (χ4n) is 4.32. The van der Waals surface area contributed by atoms with Gasteiger partial charge in [-0.3, -0.25) is 0 Å². The minimum Gasteiger partial charge on any atom is -0.206 e. The highest BCUT2D eigenvalue weighted by molar-refractivity contribution is 5.66. The van der Waals surface area contributed by atoms with Crippen molar-refractivity contribution in [2.75, 3.05) is 0 Å². The summed E-state index contributed by atoms with van der Waals surface area (Å²) in [7, 11) is 0.